The Hall–Kier alpha value is -2.59. The van der Waals surface area contributed by atoms with E-state index in [0.717, 1.165) is 27.7 Å². The Labute approximate surface area is 128 Å². The second-order valence-electron chi connectivity index (χ2n) is 5.78. The van der Waals surface area contributed by atoms with Crippen molar-refractivity contribution in [2.45, 2.75) is 13.0 Å². The van der Waals surface area contributed by atoms with Crippen LogP contribution in [0.15, 0.2) is 48.5 Å². The highest BCUT2D eigenvalue weighted by Gasteiger charge is 2.31. The Bertz CT molecular complexity index is 877. The molecular weight excluding hydrogens is 274 g/mol. The predicted molar refractivity (Wildman–Crippen MR) is 86.5 cm³/mol. The third-order valence-corrected chi connectivity index (χ3v) is 4.39. The van der Waals surface area contributed by atoms with E-state index in [1.54, 1.807) is 0 Å². The van der Waals surface area contributed by atoms with Crippen LogP contribution < -0.4 is 10.9 Å². The summed E-state index contributed by atoms with van der Waals surface area (Å²) in [5, 5.41) is 1.12. The fourth-order valence-corrected chi connectivity index (χ4v) is 3.27. The average Bonchev–Trinajstić information content (AvgIpc) is 2.84. The fourth-order valence-electron chi connectivity index (χ4n) is 3.27. The summed E-state index contributed by atoms with van der Waals surface area (Å²) in [5.74, 6) is -0.0861. The minimum Gasteiger partial charge on any atom is -0.339 e. The number of carbonyl (C=O) groups excluding carboxylic acids is 1. The summed E-state index contributed by atoms with van der Waals surface area (Å²) in [6, 6.07) is 16.5. The number of fused-ring (bicyclic) bond motifs is 3. The summed E-state index contributed by atoms with van der Waals surface area (Å²) in [5.41, 5.74) is 11.2. The van der Waals surface area contributed by atoms with Gasteiger partial charge < -0.3 is 4.57 Å². The number of hydrogen-bond donors (Lipinski definition) is 2. The second-order valence-corrected chi connectivity index (χ2v) is 5.78. The Kier molecular flexibility index (Phi) is 2.81. The molecule has 0 saturated carbocycles. The highest BCUT2D eigenvalue weighted by Crippen LogP contribution is 2.35. The molecule has 4 heteroatoms. The van der Waals surface area contributed by atoms with E-state index in [0.29, 0.717) is 0 Å². The first-order valence-electron chi connectivity index (χ1n) is 7.36. The van der Waals surface area contributed by atoms with Crippen LogP contribution in [0.4, 0.5) is 0 Å². The van der Waals surface area contributed by atoms with Crippen molar-refractivity contribution in [3.8, 4) is 0 Å². The number of nitrogens with one attached hydrogen (secondary N) is 2. The zero-order valence-corrected chi connectivity index (χ0v) is 12.6. The largest absolute Gasteiger partial charge is 0.339 e. The molecule has 1 unspecified atom stereocenters. The minimum absolute atomic E-state index is 0.0422. The molecule has 1 amide bonds. The van der Waals surface area contributed by atoms with Gasteiger partial charge in [0.2, 0.25) is 0 Å². The van der Waals surface area contributed by atoms with Crippen LogP contribution in [-0.4, -0.2) is 10.5 Å². The molecule has 2 N–H and O–H groups in total. The molecule has 0 bridgehead atoms. The lowest BCUT2D eigenvalue weighted by atomic mass is 9.94. The molecule has 22 heavy (non-hydrogen) atoms. The predicted octanol–water partition coefficient (Wildman–Crippen LogP) is 2.82. The van der Waals surface area contributed by atoms with Crippen LogP contribution >= 0.6 is 0 Å². The lowest BCUT2D eigenvalue weighted by Gasteiger charge is -2.26. The van der Waals surface area contributed by atoms with Crippen LogP contribution in [0.1, 0.15) is 33.2 Å². The average molecular weight is 291 g/mol. The van der Waals surface area contributed by atoms with Gasteiger partial charge in [-0.25, -0.2) is 5.43 Å². The fraction of sp³-hybridized carbons (Fsp3) is 0.167. The highest BCUT2D eigenvalue weighted by molar-refractivity contribution is 6.03. The van der Waals surface area contributed by atoms with Gasteiger partial charge >= 0.3 is 0 Å². The summed E-state index contributed by atoms with van der Waals surface area (Å²) >= 11 is 0. The van der Waals surface area contributed by atoms with Gasteiger partial charge in [0.25, 0.3) is 5.91 Å². The van der Waals surface area contributed by atoms with Crippen LogP contribution in [0.25, 0.3) is 10.9 Å². The first-order chi connectivity index (χ1) is 10.7. The summed E-state index contributed by atoms with van der Waals surface area (Å²) in [4.78, 5) is 12.3. The molecule has 0 saturated heterocycles. The van der Waals surface area contributed by atoms with Gasteiger partial charge in [-0.05, 0) is 18.6 Å². The van der Waals surface area contributed by atoms with Gasteiger partial charge in [0.15, 0.2) is 0 Å². The first kappa shape index (κ1) is 13.1. The molecule has 1 aliphatic heterocycles. The monoisotopic (exact) mass is 291 g/mol. The lowest BCUT2D eigenvalue weighted by Crippen LogP contribution is -2.46. The molecule has 0 aliphatic carbocycles. The maximum absolute atomic E-state index is 12.3. The summed E-state index contributed by atoms with van der Waals surface area (Å²) in [7, 11) is 1.94. The van der Waals surface area contributed by atoms with Gasteiger partial charge in [-0.3, -0.25) is 10.2 Å². The number of benzene rings is 2. The van der Waals surface area contributed by atoms with Crippen LogP contribution in [-0.2, 0) is 7.05 Å². The smallest absolute Gasteiger partial charge is 0.282 e. The Morgan fingerprint density at radius 1 is 1.05 bits per heavy atom. The van der Waals surface area contributed by atoms with Crippen LogP contribution in [0.3, 0.4) is 0 Å². The van der Waals surface area contributed by atoms with E-state index < -0.39 is 0 Å². The van der Waals surface area contributed by atoms with Gasteiger partial charge in [-0.2, -0.15) is 0 Å². The van der Waals surface area contributed by atoms with Gasteiger partial charge in [0.05, 0.1) is 6.04 Å². The third-order valence-electron chi connectivity index (χ3n) is 4.39. The molecule has 0 spiro atoms. The number of aromatic nitrogens is 1. The molecule has 1 aliphatic rings. The number of rotatable bonds is 1. The summed E-state index contributed by atoms with van der Waals surface area (Å²) in [6.07, 6.45) is 0. The first-order valence-corrected chi connectivity index (χ1v) is 7.36. The molecule has 2 heterocycles. The zero-order valence-electron chi connectivity index (χ0n) is 12.6. The Morgan fingerprint density at radius 2 is 1.77 bits per heavy atom. The quantitative estimate of drug-likeness (QED) is 0.724. The molecule has 1 atom stereocenters. The van der Waals surface area contributed by atoms with Crippen LogP contribution in [0, 0.1) is 6.92 Å². The number of aryl methyl sites for hydroxylation is 2. The van der Waals surface area contributed by atoms with Crippen molar-refractivity contribution in [2.75, 3.05) is 0 Å². The lowest BCUT2D eigenvalue weighted by molar-refractivity contribution is 0.0905. The third kappa shape index (κ3) is 1.77. The van der Waals surface area contributed by atoms with Gasteiger partial charge in [0.1, 0.15) is 5.69 Å². The van der Waals surface area contributed by atoms with Gasteiger partial charge in [-0.1, -0.05) is 48.0 Å². The normalized spacial score (nSPS) is 17.4. The standard InChI is InChI=1S/C18H17N3O/c1-11-7-9-12(10-8-11)16-15-13-5-3-4-6-14(13)21(2)17(15)18(22)20-19-16/h3-10,16,19H,1-2H3,(H,20,22). The topological polar surface area (TPSA) is 46.1 Å². The highest BCUT2D eigenvalue weighted by atomic mass is 16.2. The van der Waals surface area contributed by atoms with E-state index in [2.05, 4.69) is 48.1 Å². The van der Waals surface area contributed by atoms with E-state index in [4.69, 9.17) is 0 Å². The maximum Gasteiger partial charge on any atom is 0.282 e. The van der Waals surface area contributed by atoms with Crippen molar-refractivity contribution in [1.29, 1.82) is 0 Å². The molecule has 3 aromatic rings. The molecule has 110 valence electrons. The second kappa shape index (κ2) is 4.71. The molecule has 0 fully saturated rings. The van der Waals surface area contributed by atoms with Crippen molar-refractivity contribution in [1.82, 2.24) is 15.4 Å². The van der Waals surface area contributed by atoms with Gasteiger partial charge in [0, 0.05) is 23.5 Å². The molecular formula is C18H17N3O. The Balaban J connectivity index is 2.00. The van der Waals surface area contributed by atoms with Crippen molar-refractivity contribution >= 4 is 16.8 Å². The van der Waals surface area contributed by atoms with Crippen LogP contribution in [0.5, 0.6) is 0 Å². The zero-order chi connectivity index (χ0) is 15.3. The summed E-state index contributed by atoms with van der Waals surface area (Å²) in [6.45, 7) is 2.07. The Morgan fingerprint density at radius 3 is 2.55 bits per heavy atom. The van der Waals surface area contributed by atoms with Crippen molar-refractivity contribution in [2.24, 2.45) is 7.05 Å². The number of carbonyl (C=O) groups is 1. The molecule has 4 nitrogen and oxygen atoms in total. The molecule has 1 aromatic heterocycles. The summed E-state index contributed by atoms with van der Waals surface area (Å²) < 4.78 is 1.97. The number of para-hydroxylation sites is 1. The SMILES string of the molecule is Cc1ccc(C2NNC(=O)c3c2c2ccccc2n3C)cc1. The number of hydrogen-bond acceptors (Lipinski definition) is 2. The minimum atomic E-state index is -0.0861. The number of amides is 1. The van der Waals surface area contributed by atoms with Crippen molar-refractivity contribution in [3.05, 3.63) is 70.9 Å². The molecule has 4 rings (SSSR count). The van der Waals surface area contributed by atoms with E-state index in [1.807, 2.05) is 29.8 Å². The van der Waals surface area contributed by atoms with Crippen molar-refractivity contribution < 1.29 is 4.79 Å². The van der Waals surface area contributed by atoms with Crippen LogP contribution in [0.2, 0.25) is 0 Å². The molecule has 2 aromatic carbocycles. The van der Waals surface area contributed by atoms with E-state index in [9.17, 15) is 4.79 Å². The number of hydrazine groups is 1. The van der Waals surface area contributed by atoms with E-state index >= 15 is 0 Å². The van der Waals surface area contributed by atoms with Crippen molar-refractivity contribution in [3.63, 3.8) is 0 Å². The van der Waals surface area contributed by atoms with Gasteiger partial charge in [-0.15, -0.1) is 0 Å². The molecule has 0 radical (unpaired) electrons. The maximum atomic E-state index is 12.3. The van der Waals surface area contributed by atoms with E-state index in [-0.39, 0.29) is 11.9 Å². The van der Waals surface area contributed by atoms with E-state index in [1.165, 1.54) is 5.56 Å². The number of nitrogens with zero attached hydrogens (tertiary/aromatic N) is 1.